The smallest absolute Gasteiger partial charge is 0.132 e. The largest absolute Gasteiger partial charge is 0.383 e. The Labute approximate surface area is 157 Å². The Bertz CT molecular complexity index is 913. The first-order valence-corrected chi connectivity index (χ1v) is 9.27. The van der Waals surface area contributed by atoms with Crippen LogP contribution in [0.2, 0.25) is 10.0 Å². The van der Waals surface area contributed by atoms with Crippen LogP contribution in [0.3, 0.4) is 0 Å². The van der Waals surface area contributed by atoms with Gasteiger partial charge in [-0.2, -0.15) is 0 Å². The standard InChI is InChI=1S/C20H19Cl2N3/c21-15-8-14(9-16(22)11-15)18-10-13-4-5-17(12-19(13)24-20(18)23)25-6-2-1-3-7-25/h4-5,8-12H,1-3,6-7H2,(H2,23,24). The highest BCUT2D eigenvalue weighted by Crippen LogP contribution is 2.33. The summed E-state index contributed by atoms with van der Waals surface area (Å²) in [6.07, 6.45) is 3.82. The minimum atomic E-state index is 0.488. The van der Waals surface area contributed by atoms with Gasteiger partial charge in [-0.1, -0.05) is 29.3 Å². The minimum absolute atomic E-state index is 0.488. The molecule has 2 N–H and O–H groups in total. The van der Waals surface area contributed by atoms with Crippen LogP contribution >= 0.6 is 23.2 Å². The number of hydrogen-bond acceptors (Lipinski definition) is 3. The van der Waals surface area contributed by atoms with Gasteiger partial charge in [0.25, 0.3) is 0 Å². The van der Waals surface area contributed by atoms with Gasteiger partial charge in [-0.05, 0) is 61.2 Å². The first kappa shape index (κ1) is 16.5. The van der Waals surface area contributed by atoms with Crippen molar-refractivity contribution in [3.8, 4) is 11.1 Å². The van der Waals surface area contributed by atoms with Crippen molar-refractivity contribution in [2.45, 2.75) is 19.3 Å². The molecule has 0 spiro atoms. The van der Waals surface area contributed by atoms with E-state index in [-0.39, 0.29) is 0 Å². The highest BCUT2D eigenvalue weighted by molar-refractivity contribution is 6.35. The van der Waals surface area contributed by atoms with Gasteiger partial charge in [0, 0.05) is 39.8 Å². The molecule has 0 atom stereocenters. The van der Waals surface area contributed by atoms with Crippen molar-refractivity contribution in [2.75, 3.05) is 23.7 Å². The summed E-state index contributed by atoms with van der Waals surface area (Å²) in [5.74, 6) is 0.488. The zero-order valence-electron chi connectivity index (χ0n) is 13.8. The monoisotopic (exact) mass is 371 g/mol. The van der Waals surface area contributed by atoms with Gasteiger partial charge >= 0.3 is 0 Å². The molecule has 25 heavy (non-hydrogen) atoms. The maximum absolute atomic E-state index is 6.24. The molecule has 0 radical (unpaired) electrons. The number of hydrogen-bond donors (Lipinski definition) is 1. The van der Waals surface area contributed by atoms with Crippen LogP contribution in [0.25, 0.3) is 22.0 Å². The number of nitrogen functional groups attached to an aromatic ring is 1. The molecule has 0 aliphatic carbocycles. The molecular weight excluding hydrogens is 353 g/mol. The van der Waals surface area contributed by atoms with Crippen molar-refractivity contribution < 1.29 is 0 Å². The fourth-order valence-electron chi connectivity index (χ4n) is 3.46. The predicted octanol–water partition coefficient (Wildman–Crippen LogP) is 5.78. The predicted molar refractivity (Wildman–Crippen MR) is 108 cm³/mol. The summed E-state index contributed by atoms with van der Waals surface area (Å²) in [5, 5.41) is 2.23. The van der Waals surface area contributed by atoms with Crippen molar-refractivity contribution in [1.29, 1.82) is 0 Å². The molecule has 2 heterocycles. The van der Waals surface area contributed by atoms with Gasteiger partial charge in [0.2, 0.25) is 0 Å². The number of fused-ring (bicyclic) bond motifs is 1. The van der Waals surface area contributed by atoms with Crippen molar-refractivity contribution in [3.63, 3.8) is 0 Å². The summed E-state index contributed by atoms with van der Waals surface area (Å²) < 4.78 is 0. The zero-order chi connectivity index (χ0) is 17.4. The molecule has 1 aliphatic rings. The Morgan fingerprint density at radius 1 is 0.880 bits per heavy atom. The molecule has 0 saturated carbocycles. The molecule has 5 heteroatoms. The van der Waals surface area contributed by atoms with E-state index in [0.29, 0.717) is 15.9 Å². The number of anilines is 2. The maximum atomic E-state index is 6.24. The second kappa shape index (κ2) is 6.74. The van der Waals surface area contributed by atoms with E-state index in [1.54, 1.807) is 6.07 Å². The summed E-state index contributed by atoms with van der Waals surface area (Å²) in [5.41, 5.74) is 10.1. The molecule has 2 aromatic carbocycles. The van der Waals surface area contributed by atoms with E-state index in [0.717, 1.165) is 35.1 Å². The third-order valence-electron chi connectivity index (χ3n) is 4.73. The van der Waals surface area contributed by atoms with Crippen LogP contribution in [0.1, 0.15) is 19.3 Å². The number of nitrogens with two attached hydrogens (primary N) is 1. The Hall–Kier alpha value is -1.97. The van der Waals surface area contributed by atoms with E-state index in [1.165, 1.54) is 24.9 Å². The number of rotatable bonds is 2. The van der Waals surface area contributed by atoms with E-state index >= 15 is 0 Å². The van der Waals surface area contributed by atoms with Gasteiger partial charge in [0.05, 0.1) is 5.52 Å². The lowest BCUT2D eigenvalue weighted by atomic mass is 10.0. The van der Waals surface area contributed by atoms with Gasteiger partial charge in [0.1, 0.15) is 5.82 Å². The van der Waals surface area contributed by atoms with Crippen LogP contribution in [0.5, 0.6) is 0 Å². The second-order valence-corrected chi connectivity index (χ2v) is 7.38. The van der Waals surface area contributed by atoms with E-state index in [9.17, 15) is 0 Å². The Kier molecular flexibility index (Phi) is 4.45. The van der Waals surface area contributed by atoms with Gasteiger partial charge < -0.3 is 10.6 Å². The molecule has 0 bridgehead atoms. The summed E-state index contributed by atoms with van der Waals surface area (Å²) >= 11 is 12.3. The van der Waals surface area contributed by atoms with Crippen molar-refractivity contribution in [1.82, 2.24) is 4.98 Å². The SMILES string of the molecule is Nc1nc2cc(N3CCCCC3)ccc2cc1-c1cc(Cl)cc(Cl)c1. The van der Waals surface area contributed by atoms with Gasteiger partial charge in [-0.15, -0.1) is 0 Å². The average molecular weight is 372 g/mol. The average Bonchev–Trinajstić information content (AvgIpc) is 2.60. The van der Waals surface area contributed by atoms with E-state index in [4.69, 9.17) is 28.9 Å². The number of aromatic nitrogens is 1. The highest BCUT2D eigenvalue weighted by Gasteiger charge is 2.13. The molecule has 3 aromatic rings. The normalized spacial score (nSPS) is 14.9. The number of pyridine rings is 1. The number of nitrogens with zero attached hydrogens (tertiary/aromatic N) is 2. The fourth-order valence-corrected chi connectivity index (χ4v) is 3.99. The Balaban J connectivity index is 1.77. The number of benzene rings is 2. The van der Waals surface area contributed by atoms with Gasteiger partial charge in [0.15, 0.2) is 0 Å². The minimum Gasteiger partial charge on any atom is -0.383 e. The van der Waals surface area contributed by atoms with Crippen LogP contribution in [-0.4, -0.2) is 18.1 Å². The lowest BCUT2D eigenvalue weighted by Gasteiger charge is -2.29. The second-order valence-electron chi connectivity index (χ2n) is 6.50. The van der Waals surface area contributed by atoms with Crippen LogP contribution in [0.4, 0.5) is 11.5 Å². The summed E-state index contributed by atoms with van der Waals surface area (Å²) in [6.45, 7) is 2.22. The molecule has 1 aromatic heterocycles. The van der Waals surface area contributed by atoms with Crippen molar-refractivity contribution in [3.05, 3.63) is 52.5 Å². The summed E-state index contributed by atoms with van der Waals surface area (Å²) in [4.78, 5) is 7.05. The van der Waals surface area contributed by atoms with E-state index < -0.39 is 0 Å². The molecule has 1 fully saturated rings. The molecule has 0 unspecified atom stereocenters. The topological polar surface area (TPSA) is 42.1 Å². The van der Waals surface area contributed by atoms with Crippen LogP contribution in [0.15, 0.2) is 42.5 Å². The first-order valence-electron chi connectivity index (χ1n) is 8.52. The summed E-state index contributed by atoms with van der Waals surface area (Å²) in [6, 6.07) is 13.9. The fraction of sp³-hybridized carbons (Fsp3) is 0.250. The zero-order valence-corrected chi connectivity index (χ0v) is 15.3. The van der Waals surface area contributed by atoms with Gasteiger partial charge in [-0.25, -0.2) is 4.98 Å². The maximum Gasteiger partial charge on any atom is 0.132 e. The summed E-state index contributed by atoms with van der Waals surface area (Å²) in [7, 11) is 0. The van der Waals surface area contributed by atoms with Crippen LogP contribution in [-0.2, 0) is 0 Å². The molecule has 1 aliphatic heterocycles. The van der Waals surface area contributed by atoms with Crippen molar-refractivity contribution >= 4 is 45.6 Å². The first-order chi connectivity index (χ1) is 12.1. The Morgan fingerprint density at radius 3 is 2.32 bits per heavy atom. The molecule has 128 valence electrons. The third kappa shape index (κ3) is 3.39. The van der Waals surface area contributed by atoms with Gasteiger partial charge in [-0.3, -0.25) is 0 Å². The quantitative estimate of drug-likeness (QED) is 0.620. The Morgan fingerprint density at radius 2 is 1.60 bits per heavy atom. The number of halogens is 2. The molecule has 3 nitrogen and oxygen atoms in total. The third-order valence-corrected chi connectivity index (χ3v) is 5.16. The lowest BCUT2D eigenvalue weighted by molar-refractivity contribution is 0.578. The number of piperidine rings is 1. The molecule has 4 rings (SSSR count). The highest BCUT2D eigenvalue weighted by atomic mass is 35.5. The van der Waals surface area contributed by atoms with Crippen molar-refractivity contribution in [2.24, 2.45) is 0 Å². The van der Waals surface area contributed by atoms with Crippen LogP contribution in [0, 0.1) is 0 Å². The molecule has 0 amide bonds. The van der Waals surface area contributed by atoms with E-state index in [1.807, 2.05) is 12.1 Å². The lowest BCUT2D eigenvalue weighted by Crippen LogP contribution is -2.29. The molecule has 1 saturated heterocycles. The molecular formula is C20H19Cl2N3. The van der Waals surface area contributed by atoms with E-state index in [2.05, 4.69) is 34.1 Å². The van der Waals surface area contributed by atoms with Crippen LogP contribution < -0.4 is 10.6 Å².